The maximum Gasteiger partial charge on any atom is 0.253 e. The van der Waals surface area contributed by atoms with E-state index in [0.29, 0.717) is 22.3 Å². The smallest absolute Gasteiger partial charge is 0.253 e. The molecule has 15 nitrogen and oxygen atoms in total. The third-order valence-electron chi connectivity index (χ3n) is 14.7. The number of amides is 5. The van der Waals surface area contributed by atoms with E-state index in [1.165, 1.54) is 9.78 Å². The topological polar surface area (TPSA) is 191 Å². The molecule has 5 atom stereocenters. The van der Waals surface area contributed by atoms with Gasteiger partial charge in [0.25, 0.3) is 5.91 Å². The number of thiophene rings is 1. The molecule has 4 aliphatic rings. The van der Waals surface area contributed by atoms with Crippen molar-refractivity contribution in [1.29, 1.82) is 0 Å². The lowest BCUT2D eigenvalue weighted by Gasteiger charge is -2.36. The van der Waals surface area contributed by atoms with E-state index in [0.717, 1.165) is 88.7 Å². The van der Waals surface area contributed by atoms with Crippen molar-refractivity contribution in [1.82, 2.24) is 40.5 Å². The molecule has 5 heterocycles. The molecular weight excluding hydrogens is 950 g/mol. The first kappa shape index (κ1) is 50.7. The number of carbonyl (C=O) groups excluding carboxylic acids is 5. The van der Waals surface area contributed by atoms with Crippen molar-refractivity contribution in [2.45, 2.75) is 130 Å². The van der Waals surface area contributed by atoms with Crippen LogP contribution in [0.25, 0.3) is 5.00 Å². The second-order valence-corrected chi connectivity index (χ2v) is 22.8. The zero-order valence-electron chi connectivity index (χ0n) is 42.0. The Labute approximate surface area is 429 Å². The van der Waals surface area contributed by atoms with Gasteiger partial charge in [0.1, 0.15) is 29.0 Å². The van der Waals surface area contributed by atoms with Gasteiger partial charge in [-0.25, -0.2) is 0 Å². The first-order chi connectivity index (χ1) is 34.3. The molecule has 0 unspecified atom stereocenters. The minimum absolute atomic E-state index is 0.00773. The predicted molar refractivity (Wildman–Crippen MR) is 277 cm³/mol. The normalized spacial score (nSPS) is 21.2. The molecule has 0 radical (unpaired) electrons. The third kappa shape index (κ3) is 10.8. The van der Waals surface area contributed by atoms with Gasteiger partial charge < -0.3 is 30.9 Å². The number of aryl methyl sites for hydroxylation is 2. The second kappa shape index (κ2) is 20.7. The summed E-state index contributed by atoms with van der Waals surface area (Å²) in [5.74, 6) is 0.523. The molecule has 0 bridgehead atoms. The van der Waals surface area contributed by atoms with Crippen LogP contribution in [0.5, 0.6) is 0 Å². The number of aromatic nitrogens is 3. The highest BCUT2D eigenvalue weighted by atomic mass is 35.5. The number of halogens is 1. The molecule has 2 aromatic heterocycles. The van der Waals surface area contributed by atoms with E-state index < -0.39 is 47.5 Å². The van der Waals surface area contributed by atoms with Gasteiger partial charge in [-0.15, -0.1) is 21.5 Å². The number of aliphatic hydroxyl groups is 1. The summed E-state index contributed by atoms with van der Waals surface area (Å²) < 4.78 is 2.05. The van der Waals surface area contributed by atoms with Crippen LogP contribution in [0.3, 0.4) is 0 Å². The van der Waals surface area contributed by atoms with Gasteiger partial charge in [-0.1, -0.05) is 80.9 Å². The van der Waals surface area contributed by atoms with Crippen molar-refractivity contribution in [2.24, 2.45) is 16.3 Å². The summed E-state index contributed by atoms with van der Waals surface area (Å²) in [6.07, 6.45) is 2.90. The molecule has 0 spiro atoms. The van der Waals surface area contributed by atoms with Crippen molar-refractivity contribution in [2.75, 3.05) is 19.6 Å². The average molecular weight is 1010 g/mol. The van der Waals surface area contributed by atoms with E-state index in [2.05, 4.69) is 44.6 Å². The van der Waals surface area contributed by atoms with Gasteiger partial charge in [-0.05, 0) is 111 Å². The van der Waals surface area contributed by atoms with Crippen molar-refractivity contribution < 1.29 is 29.1 Å². The molecule has 5 amide bonds. The molecule has 72 heavy (non-hydrogen) atoms. The first-order valence-corrected chi connectivity index (χ1v) is 26.2. The molecule has 378 valence electrons. The van der Waals surface area contributed by atoms with Gasteiger partial charge in [0.05, 0.1) is 30.7 Å². The van der Waals surface area contributed by atoms with E-state index in [-0.39, 0.29) is 49.6 Å². The molecule has 3 aliphatic heterocycles. The average Bonchev–Trinajstić information content (AvgIpc) is 3.96. The van der Waals surface area contributed by atoms with Crippen molar-refractivity contribution in [3.63, 3.8) is 0 Å². The van der Waals surface area contributed by atoms with Crippen molar-refractivity contribution >= 4 is 58.2 Å². The van der Waals surface area contributed by atoms with Crippen LogP contribution in [0.2, 0.25) is 5.02 Å². The summed E-state index contributed by atoms with van der Waals surface area (Å²) in [5.41, 5.74) is 6.51. The molecule has 3 aromatic carbocycles. The Hall–Kier alpha value is -6.23. The number of hydrogen-bond acceptors (Lipinski definition) is 10. The largest absolute Gasteiger partial charge is 0.391 e. The van der Waals surface area contributed by atoms with E-state index in [1.54, 1.807) is 28.4 Å². The number of β-amino-alcohol motifs (C(OH)–C–C–N with tert-alkyl or cyclic N) is 1. The third-order valence-corrected chi connectivity index (χ3v) is 16.1. The van der Waals surface area contributed by atoms with Crippen LogP contribution >= 0.6 is 22.9 Å². The van der Waals surface area contributed by atoms with Crippen LogP contribution < -0.4 is 16.0 Å². The van der Waals surface area contributed by atoms with Crippen molar-refractivity contribution in [3.8, 4) is 5.00 Å². The molecule has 3 fully saturated rings. The Morgan fingerprint density at radius 3 is 2.19 bits per heavy atom. The quantitative estimate of drug-likeness (QED) is 0.0907. The Morgan fingerprint density at radius 1 is 0.861 bits per heavy atom. The lowest BCUT2D eigenvalue weighted by Crippen LogP contribution is -2.58. The molecular formula is C55H64ClN9O6S. The number of benzene rings is 3. The predicted octanol–water partition coefficient (Wildman–Crippen LogP) is 7.09. The highest BCUT2D eigenvalue weighted by Crippen LogP contribution is 2.40. The fraction of sp³-hybridized carbons (Fsp3) is 0.455. The van der Waals surface area contributed by atoms with E-state index in [4.69, 9.17) is 16.6 Å². The molecule has 5 aromatic rings. The molecule has 1 saturated carbocycles. The van der Waals surface area contributed by atoms with Gasteiger partial charge in [0.15, 0.2) is 5.82 Å². The van der Waals surface area contributed by atoms with Crippen LogP contribution in [0.15, 0.2) is 77.8 Å². The number of fused-ring (bicyclic) bond motifs is 3. The fourth-order valence-electron chi connectivity index (χ4n) is 10.3. The number of rotatable bonds is 14. The SMILES string of the molecule is Cc1sc2c(c1C)C(c1ccc(Cl)cc1)=N[C@@H](CC(=O)N[C@H]1C[C@H](Cc3ccc(CC(=O)N[C@H](C(=O)N4C[C@H](O)C[C@H]4C(=O)N[C@@H](C)c4ccc(C(=O)N5CCC5)cc4)C(C)(C)C)cc3)C1)c1nnc(C)n1-2. The standard InChI is InChI=1S/C55H64ClN9O6S/c1-30-32(3)72-54-47(30)48(38-17-19-40(56)20-18-38)59-43(50-62-61-33(4)65(50)54)28-46(68)58-41-24-36(25-41)23-34-9-11-35(12-10-34)26-45(67)60-49(55(5,6)7)53(71)64-29-42(66)27-44(64)51(69)57-31(2)37-13-15-39(16-14-37)52(70)63-21-8-22-63/h9-20,31,36,41-44,49,66H,8,21-29H2,1-7H3,(H,57,69)(H,58,68)(H,60,67)/t31-,36-,41-,42+,43-,44-,49+/m0/s1. The number of aliphatic imine (C=N–C) groups is 1. The molecule has 9 rings (SSSR count). The fourth-order valence-corrected chi connectivity index (χ4v) is 11.6. The highest BCUT2D eigenvalue weighted by molar-refractivity contribution is 7.15. The summed E-state index contributed by atoms with van der Waals surface area (Å²) >= 11 is 7.95. The molecule has 2 saturated heterocycles. The van der Waals surface area contributed by atoms with Gasteiger partial charge in [0, 0.05) is 58.7 Å². The van der Waals surface area contributed by atoms with E-state index in [1.807, 2.05) is 95.3 Å². The highest BCUT2D eigenvalue weighted by Gasteiger charge is 2.45. The first-order valence-electron chi connectivity index (χ1n) is 25.0. The van der Waals surface area contributed by atoms with Crippen LogP contribution in [0, 0.1) is 32.1 Å². The number of nitrogens with one attached hydrogen (secondary N) is 3. The second-order valence-electron chi connectivity index (χ2n) is 21.2. The zero-order chi connectivity index (χ0) is 51.2. The van der Waals surface area contributed by atoms with Gasteiger partial charge in [0.2, 0.25) is 23.6 Å². The van der Waals surface area contributed by atoms with Crippen molar-refractivity contribution in [3.05, 3.63) is 133 Å². The number of hydrogen-bond donors (Lipinski definition) is 4. The number of nitrogens with zero attached hydrogens (tertiary/aromatic N) is 6. The zero-order valence-corrected chi connectivity index (χ0v) is 43.6. The van der Waals surface area contributed by atoms with E-state index >= 15 is 0 Å². The maximum atomic E-state index is 14.3. The van der Waals surface area contributed by atoms with Gasteiger partial charge >= 0.3 is 0 Å². The minimum Gasteiger partial charge on any atom is -0.391 e. The van der Waals surface area contributed by atoms with E-state index in [9.17, 15) is 29.1 Å². The summed E-state index contributed by atoms with van der Waals surface area (Å²) in [7, 11) is 0. The van der Waals surface area contributed by atoms with Crippen LogP contribution in [-0.2, 0) is 32.0 Å². The summed E-state index contributed by atoms with van der Waals surface area (Å²) in [6, 6.07) is 19.9. The summed E-state index contributed by atoms with van der Waals surface area (Å²) in [6.45, 7) is 15.0. The van der Waals surface area contributed by atoms with Gasteiger partial charge in [-0.3, -0.25) is 33.5 Å². The van der Waals surface area contributed by atoms with Crippen LogP contribution in [0.1, 0.15) is 132 Å². The number of likely N-dealkylation sites (tertiary alicyclic amines) is 2. The summed E-state index contributed by atoms with van der Waals surface area (Å²) in [5, 5.41) is 30.5. The lowest BCUT2D eigenvalue weighted by molar-refractivity contribution is -0.144. The minimum atomic E-state index is -0.954. The number of aliphatic hydroxyl groups excluding tert-OH is 1. The lowest BCUT2D eigenvalue weighted by atomic mass is 9.76. The monoisotopic (exact) mass is 1010 g/mol. The Balaban J connectivity index is 0.764. The molecule has 17 heteroatoms. The Kier molecular flexibility index (Phi) is 14.6. The Morgan fingerprint density at radius 2 is 1.54 bits per heavy atom. The number of carbonyl (C=O) groups is 5. The molecule has 1 aliphatic carbocycles. The Bertz CT molecular complexity index is 2900. The maximum absolute atomic E-state index is 14.3. The van der Waals surface area contributed by atoms with Gasteiger partial charge in [-0.2, -0.15) is 0 Å². The molecule has 4 N–H and O–H groups in total. The van der Waals surface area contributed by atoms with Crippen LogP contribution in [0.4, 0.5) is 0 Å². The summed E-state index contributed by atoms with van der Waals surface area (Å²) in [4.78, 5) is 77.6. The van der Waals surface area contributed by atoms with Crippen LogP contribution in [-0.4, -0.2) is 109 Å².